The third-order valence-corrected chi connectivity index (χ3v) is 3.94. The van der Waals surface area contributed by atoms with Crippen molar-refractivity contribution in [1.82, 2.24) is 4.90 Å². The molecule has 1 unspecified atom stereocenters. The molecule has 0 saturated heterocycles. The number of likely N-dealkylation sites (N-methyl/N-ethyl adjacent to an activating group) is 1. The lowest BCUT2D eigenvalue weighted by Crippen LogP contribution is -2.53. The van der Waals surface area contributed by atoms with Crippen LogP contribution in [0.4, 0.5) is 0 Å². The zero-order valence-corrected chi connectivity index (χ0v) is 13.5. The Hall–Kier alpha value is -1.75. The molecule has 118 valence electrons. The van der Waals surface area contributed by atoms with Gasteiger partial charge < -0.3 is 14.6 Å². The van der Waals surface area contributed by atoms with Gasteiger partial charge in [-0.05, 0) is 26.1 Å². The van der Waals surface area contributed by atoms with Crippen LogP contribution in [0.25, 0.3) is 0 Å². The van der Waals surface area contributed by atoms with Gasteiger partial charge in [-0.1, -0.05) is 26.0 Å². The van der Waals surface area contributed by atoms with Gasteiger partial charge in [-0.2, -0.15) is 0 Å². The summed E-state index contributed by atoms with van der Waals surface area (Å²) in [4.78, 5) is 13.8. The van der Waals surface area contributed by atoms with Crippen LogP contribution in [0, 0.1) is 0 Å². The molecule has 0 aliphatic carbocycles. The summed E-state index contributed by atoms with van der Waals surface area (Å²) in [5.74, 6) is 0.373. The van der Waals surface area contributed by atoms with Crippen molar-refractivity contribution in [3.05, 3.63) is 23.8 Å². The molecule has 1 atom stereocenters. The van der Waals surface area contributed by atoms with E-state index in [1.807, 2.05) is 30.9 Å². The Balaban J connectivity index is 3.25. The Morgan fingerprint density at radius 2 is 1.86 bits per heavy atom. The summed E-state index contributed by atoms with van der Waals surface area (Å²) < 4.78 is 10.7. The van der Waals surface area contributed by atoms with E-state index in [1.165, 1.54) is 0 Å². The molecule has 1 N–H and O–H groups in total. The monoisotopic (exact) mass is 295 g/mol. The molecule has 1 aromatic rings. The molecular formula is C16H25NO4. The normalized spacial score (nSPS) is 13.8. The molecule has 0 amide bonds. The highest BCUT2D eigenvalue weighted by Crippen LogP contribution is 2.34. The van der Waals surface area contributed by atoms with E-state index in [1.54, 1.807) is 27.2 Å². The van der Waals surface area contributed by atoms with E-state index in [2.05, 4.69) is 0 Å². The second kappa shape index (κ2) is 7.31. The van der Waals surface area contributed by atoms with E-state index in [0.717, 1.165) is 5.56 Å². The van der Waals surface area contributed by atoms with Crippen molar-refractivity contribution in [3.8, 4) is 11.5 Å². The summed E-state index contributed by atoms with van der Waals surface area (Å²) in [6, 6.07) is 5.53. The molecule has 0 radical (unpaired) electrons. The zero-order chi connectivity index (χ0) is 16.0. The van der Waals surface area contributed by atoms with Crippen LogP contribution in [-0.2, 0) is 11.2 Å². The van der Waals surface area contributed by atoms with Crippen molar-refractivity contribution in [2.24, 2.45) is 0 Å². The van der Waals surface area contributed by atoms with Crippen molar-refractivity contribution in [3.63, 3.8) is 0 Å². The lowest BCUT2D eigenvalue weighted by atomic mass is 9.90. The predicted octanol–water partition coefficient (Wildman–Crippen LogP) is 2.43. The third-order valence-electron chi connectivity index (χ3n) is 3.94. The van der Waals surface area contributed by atoms with Crippen LogP contribution in [0.1, 0.15) is 26.3 Å². The molecule has 0 aliphatic heterocycles. The maximum absolute atomic E-state index is 11.8. The molecule has 1 rings (SSSR count). The molecule has 0 aliphatic rings. The maximum atomic E-state index is 11.8. The van der Waals surface area contributed by atoms with Gasteiger partial charge in [0, 0.05) is 12.0 Å². The molecule has 1 aromatic carbocycles. The van der Waals surface area contributed by atoms with Gasteiger partial charge in [0.25, 0.3) is 0 Å². The summed E-state index contributed by atoms with van der Waals surface area (Å²) in [6.07, 6.45) is 0.352. The Labute approximate surface area is 126 Å². The van der Waals surface area contributed by atoms with Crippen LogP contribution in [0.5, 0.6) is 11.5 Å². The highest BCUT2D eigenvalue weighted by molar-refractivity contribution is 5.79. The number of hydrogen-bond donors (Lipinski definition) is 1. The van der Waals surface area contributed by atoms with Gasteiger partial charge in [-0.3, -0.25) is 9.69 Å². The van der Waals surface area contributed by atoms with Gasteiger partial charge in [0.15, 0.2) is 11.5 Å². The van der Waals surface area contributed by atoms with Crippen LogP contribution in [0.2, 0.25) is 0 Å². The highest BCUT2D eigenvalue weighted by Gasteiger charge is 2.39. The van der Waals surface area contributed by atoms with Gasteiger partial charge in [0.05, 0.1) is 14.2 Å². The van der Waals surface area contributed by atoms with Crippen LogP contribution in [-0.4, -0.2) is 48.8 Å². The number of carboxylic acid groups (broad SMARTS) is 1. The van der Waals surface area contributed by atoms with Crippen LogP contribution in [0.15, 0.2) is 18.2 Å². The maximum Gasteiger partial charge on any atom is 0.324 e. The molecule has 0 spiro atoms. The minimum absolute atomic E-state index is 0.352. The second-order valence-electron chi connectivity index (χ2n) is 5.08. The Morgan fingerprint density at radius 3 is 2.29 bits per heavy atom. The minimum Gasteiger partial charge on any atom is -0.493 e. The van der Waals surface area contributed by atoms with Gasteiger partial charge in [-0.25, -0.2) is 0 Å². The van der Waals surface area contributed by atoms with Crippen molar-refractivity contribution in [1.29, 1.82) is 0 Å². The molecule has 5 heteroatoms. The molecule has 0 heterocycles. The van der Waals surface area contributed by atoms with Gasteiger partial charge in [-0.15, -0.1) is 0 Å². The van der Waals surface area contributed by atoms with Crippen LogP contribution < -0.4 is 9.47 Å². The number of ether oxygens (including phenoxy) is 2. The number of methoxy groups -OCH3 is 2. The number of hydrogen-bond acceptors (Lipinski definition) is 4. The molecule has 0 aromatic heterocycles. The standard InChI is InChI=1S/C16H25NO4/c1-6-17(7-2)16(3,15(18)19)11-12-9-8-10-13(20-4)14(12)21-5/h8-10H,6-7,11H2,1-5H3,(H,18,19). The fourth-order valence-corrected chi connectivity index (χ4v) is 2.71. The van der Waals surface area contributed by atoms with Gasteiger partial charge in [0.1, 0.15) is 5.54 Å². The highest BCUT2D eigenvalue weighted by atomic mass is 16.5. The number of rotatable bonds is 8. The largest absolute Gasteiger partial charge is 0.493 e. The molecule has 21 heavy (non-hydrogen) atoms. The lowest BCUT2D eigenvalue weighted by molar-refractivity contribution is -0.150. The van der Waals surface area contributed by atoms with Crippen molar-refractivity contribution in [2.75, 3.05) is 27.3 Å². The average molecular weight is 295 g/mol. The summed E-state index contributed by atoms with van der Waals surface area (Å²) in [7, 11) is 3.14. The number of benzene rings is 1. The van der Waals surface area contributed by atoms with Crippen molar-refractivity contribution >= 4 is 5.97 Å². The Kier molecular flexibility index (Phi) is 6.03. The first kappa shape index (κ1) is 17.3. The lowest BCUT2D eigenvalue weighted by Gasteiger charge is -2.37. The van der Waals surface area contributed by atoms with E-state index in [4.69, 9.17) is 9.47 Å². The minimum atomic E-state index is -0.983. The molecule has 5 nitrogen and oxygen atoms in total. The SMILES string of the molecule is CCN(CC)C(C)(Cc1cccc(OC)c1OC)C(=O)O. The fourth-order valence-electron chi connectivity index (χ4n) is 2.71. The second-order valence-corrected chi connectivity index (χ2v) is 5.08. The quantitative estimate of drug-likeness (QED) is 0.798. The number of aliphatic carboxylic acids is 1. The zero-order valence-electron chi connectivity index (χ0n) is 13.5. The van der Waals surface area contributed by atoms with Crippen LogP contribution >= 0.6 is 0 Å². The first-order valence-corrected chi connectivity index (χ1v) is 7.12. The number of nitrogens with zero attached hydrogens (tertiary/aromatic N) is 1. The summed E-state index contributed by atoms with van der Waals surface area (Å²) in [6.45, 7) is 7.03. The molecule has 0 fully saturated rings. The number of para-hydroxylation sites is 1. The van der Waals surface area contributed by atoms with Gasteiger partial charge >= 0.3 is 5.97 Å². The fraction of sp³-hybridized carbons (Fsp3) is 0.562. The average Bonchev–Trinajstić information content (AvgIpc) is 2.47. The van der Waals surface area contributed by atoms with E-state index >= 15 is 0 Å². The van der Waals surface area contributed by atoms with E-state index in [0.29, 0.717) is 31.0 Å². The topological polar surface area (TPSA) is 59.0 Å². The van der Waals surface area contributed by atoms with Crippen molar-refractivity contribution < 1.29 is 19.4 Å². The third kappa shape index (κ3) is 3.47. The van der Waals surface area contributed by atoms with Crippen LogP contribution in [0.3, 0.4) is 0 Å². The summed E-state index contributed by atoms with van der Waals surface area (Å²) in [5, 5.41) is 9.70. The van der Waals surface area contributed by atoms with Gasteiger partial charge in [0.2, 0.25) is 0 Å². The van der Waals surface area contributed by atoms with E-state index in [9.17, 15) is 9.90 Å². The molecule has 0 bridgehead atoms. The van der Waals surface area contributed by atoms with Crippen molar-refractivity contribution in [2.45, 2.75) is 32.7 Å². The predicted molar refractivity (Wildman–Crippen MR) is 82.2 cm³/mol. The molecule has 0 saturated carbocycles. The number of carboxylic acids is 1. The Morgan fingerprint density at radius 1 is 1.24 bits per heavy atom. The van der Waals surface area contributed by atoms with E-state index in [-0.39, 0.29) is 0 Å². The number of carbonyl (C=O) groups is 1. The smallest absolute Gasteiger partial charge is 0.324 e. The Bertz CT molecular complexity index is 485. The molecular weight excluding hydrogens is 270 g/mol. The summed E-state index contributed by atoms with van der Waals surface area (Å²) in [5.41, 5.74) is -0.156. The first-order chi connectivity index (χ1) is 9.94. The summed E-state index contributed by atoms with van der Waals surface area (Å²) >= 11 is 0. The first-order valence-electron chi connectivity index (χ1n) is 7.12. The van der Waals surface area contributed by atoms with E-state index < -0.39 is 11.5 Å².